The molecule has 0 aliphatic heterocycles. The minimum Gasteiger partial charge on any atom is -0.493 e. The standard InChI is InChI=1S/C17H20N2O4/c1-19-11-13(6-9-17(19)21)18-16(20)8-5-12-4-7-14(22-2)15(10-12)23-3/h4,6-7,9-11H,5,8H2,1-3H3,(H,18,20). The lowest BCUT2D eigenvalue weighted by molar-refractivity contribution is -0.116. The molecule has 1 amide bonds. The number of nitrogens with zero attached hydrogens (tertiary/aromatic N) is 1. The van der Waals surface area contributed by atoms with Crippen molar-refractivity contribution in [1.29, 1.82) is 0 Å². The summed E-state index contributed by atoms with van der Waals surface area (Å²) in [6.07, 6.45) is 2.51. The van der Waals surface area contributed by atoms with Crippen molar-refractivity contribution < 1.29 is 14.3 Å². The molecule has 1 aromatic carbocycles. The number of carbonyl (C=O) groups excluding carboxylic acids is 1. The molecular formula is C17H20N2O4. The van der Waals surface area contributed by atoms with Gasteiger partial charge in [-0.1, -0.05) is 6.07 Å². The number of pyridine rings is 1. The summed E-state index contributed by atoms with van der Waals surface area (Å²) in [6, 6.07) is 8.60. The van der Waals surface area contributed by atoms with Gasteiger partial charge in [-0.2, -0.15) is 0 Å². The summed E-state index contributed by atoms with van der Waals surface area (Å²) in [5.41, 5.74) is 1.47. The normalized spacial score (nSPS) is 10.2. The molecule has 6 heteroatoms. The minimum absolute atomic E-state index is 0.113. The van der Waals surface area contributed by atoms with E-state index in [1.54, 1.807) is 33.5 Å². The van der Waals surface area contributed by atoms with Gasteiger partial charge in [0.1, 0.15) is 0 Å². The lowest BCUT2D eigenvalue weighted by Gasteiger charge is -2.10. The van der Waals surface area contributed by atoms with Gasteiger partial charge in [0.05, 0.1) is 19.9 Å². The van der Waals surface area contributed by atoms with E-state index < -0.39 is 0 Å². The Bertz CT molecular complexity index is 752. The number of aryl methyl sites for hydroxylation is 2. The van der Waals surface area contributed by atoms with Crippen molar-refractivity contribution in [2.24, 2.45) is 7.05 Å². The average molecular weight is 316 g/mol. The molecule has 0 bridgehead atoms. The molecule has 0 radical (unpaired) electrons. The lowest BCUT2D eigenvalue weighted by Crippen LogP contribution is -2.18. The van der Waals surface area contributed by atoms with Crippen LogP contribution in [-0.4, -0.2) is 24.7 Å². The number of amides is 1. The second-order valence-corrected chi connectivity index (χ2v) is 5.10. The van der Waals surface area contributed by atoms with Crippen molar-refractivity contribution in [2.45, 2.75) is 12.8 Å². The molecule has 0 aliphatic rings. The number of hydrogen-bond acceptors (Lipinski definition) is 4. The van der Waals surface area contributed by atoms with Crippen LogP contribution in [0.3, 0.4) is 0 Å². The Kier molecular flexibility index (Phi) is 5.41. The molecule has 0 spiro atoms. The second-order valence-electron chi connectivity index (χ2n) is 5.10. The molecule has 1 aromatic heterocycles. The Morgan fingerprint density at radius 1 is 1.13 bits per heavy atom. The molecule has 1 N–H and O–H groups in total. The molecule has 0 saturated heterocycles. The van der Waals surface area contributed by atoms with E-state index >= 15 is 0 Å². The third-order valence-corrected chi connectivity index (χ3v) is 3.46. The van der Waals surface area contributed by atoms with Crippen LogP contribution in [0.15, 0.2) is 41.3 Å². The van der Waals surface area contributed by atoms with E-state index in [0.717, 1.165) is 5.56 Å². The number of nitrogens with one attached hydrogen (secondary N) is 1. The zero-order valence-electron chi connectivity index (χ0n) is 13.5. The first-order valence-electron chi connectivity index (χ1n) is 7.21. The highest BCUT2D eigenvalue weighted by molar-refractivity contribution is 5.90. The Labute approximate surface area is 134 Å². The van der Waals surface area contributed by atoms with Crippen LogP contribution in [0, 0.1) is 0 Å². The molecule has 23 heavy (non-hydrogen) atoms. The molecule has 6 nitrogen and oxygen atoms in total. The van der Waals surface area contributed by atoms with Gasteiger partial charge in [0.25, 0.3) is 0 Å². The lowest BCUT2D eigenvalue weighted by atomic mass is 10.1. The highest BCUT2D eigenvalue weighted by Gasteiger charge is 2.07. The molecule has 122 valence electrons. The number of carbonyl (C=O) groups is 1. The van der Waals surface area contributed by atoms with Crippen molar-refractivity contribution in [3.8, 4) is 11.5 Å². The molecule has 2 aromatic rings. The van der Waals surface area contributed by atoms with Gasteiger partial charge in [-0.15, -0.1) is 0 Å². The van der Waals surface area contributed by atoms with Gasteiger partial charge in [-0.05, 0) is 30.2 Å². The van der Waals surface area contributed by atoms with E-state index in [0.29, 0.717) is 30.0 Å². The maximum Gasteiger partial charge on any atom is 0.250 e. The van der Waals surface area contributed by atoms with Gasteiger partial charge in [-0.25, -0.2) is 0 Å². The van der Waals surface area contributed by atoms with Gasteiger partial charge in [0.15, 0.2) is 11.5 Å². The zero-order valence-corrected chi connectivity index (χ0v) is 13.5. The summed E-state index contributed by atoms with van der Waals surface area (Å²) in [6.45, 7) is 0. The molecule has 2 rings (SSSR count). The number of rotatable bonds is 6. The van der Waals surface area contributed by atoms with E-state index in [9.17, 15) is 9.59 Å². The van der Waals surface area contributed by atoms with Crippen LogP contribution in [0.25, 0.3) is 0 Å². The van der Waals surface area contributed by atoms with Gasteiger partial charge >= 0.3 is 0 Å². The summed E-state index contributed by atoms with van der Waals surface area (Å²) >= 11 is 0. The highest BCUT2D eigenvalue weighted by atomic mass is 16.5. The third kappa shape index (κ3) is 4.35. The molecule has 0 atom stereocenters. The number of hydrogen-bond donors (Lipinski definition) is 1. The van der Waals surface area contributed by atoms with Crippen LogP contribution in [0.5, 0.6) is 11.5 Å². The number of anilines is 1. The fraction of sp³-hybridized carbons (Fsp3) is 0.294. The number of benzene rings is 1. The Morgan fingerprint density at radius 3 is 2.52 bits per heavy atom. The topological polar surface area (TPSA) is 69.6 Å². The summed E-state index contributed by atoms with van der Waals surface area (Å²) in [4.78, 5) is 23.3. The van der Waals surface area contributed by atoms with Crippen molar-refractivity contribution >= 4 is 11.6 Å². The first-order valence-corrected chi connectivity index (χ1v) is 7.21. The number of methoxy groups -OCH3 is 2. The van der Waals surface area contributed by atoms with Crippen molar-refractivity contribution in [2.75, 3.05) is 19.5 Å². The molecule has 0 saturated carbocycles. The average Bonchev–Trinajstić information content (AvgIpc) is 2.56. The predicted molar refractivity (Wildman–Crippen MR) is 88.2 cm³/mol. The predicted octanol–water partition coefficient (Wildman–Crippen LogP) is 1.97. The van der Waals surface area contributed by atoms with E-state index in [1.807, 2.05) is 18.2 Å². The Hall–Kier alpha value is -2.76. The summed E-state index contributed by atoms with van der Waals surface area (Å²) < 4.78 is 11.9. The van der Waals surface area contributed by atoms with Crippen LogP contribution in [0.1, 0.15) is 12.0 Å². The van der Waals surface area contributed by atoms with E-state index in [1.165, 1.54) is 10.6 Å². The fourth-order valence-electron chi connectivity index (χ4n) is 2.19. The van der Waals surface area contributed by atoms with Crippen molar-refractivity contribution in [3.05, 3.63) is 52.4 Å². The summed E-state index contributed by atoms with van der Waals surface area (Å²) in [7, 11) is 4.80. The summed E-state index contributed by atoms with van der Waals surface area (Å²) in [5.74, 6) is 1.19. The largest absolute Gasteiger partial charge is 0.493 e. The third-order valence-electron chi connectivity index (χ3n) is 3.46. The SMILES string of the molecule is COc1ccc(CCC(=O)Nc2ccc(=O)n(C)c2)cc1OC. The van der Waals surface area contributed by atoms with Crippen LogP contribution >= 0.6 is 0 Å². The van der Waals surface area contributed by atoms with Gasteiger partial charge in [0, 0.05) is 25.7 Å². The highest BCUT2D eigenvalue weighted by Crippen LogP contribution is 2.27. The van der Waals surface area contributed by atoms with Crippen LogP contribution < -0.4 is 20.3 Å². The molecule has 1 heterocycles. The van der Waals surface area contributed by atoms with E-state index in [2.05, 4.69) is 5.32 Å². The first kappa shape index (κ1) is 16.6. The van der Waals surface area contributed by atoms with E-state index in [4.69, 9.17) is 9.47 Å². The summed E-state index contributed by atoms with van der Waals surface area (Å²) in [5, 5.41) is 2.78. The second kappa shape index (κ2) is 7.49. The fourth-order valence-corrected chi connectivity index (χ4v) is 2.19. The van der Waals surface area contributed by atoms with Gasteiger partial charge in [0.2, 0.25) is 11.5 Å². The Morgan fingerprint density at radius 2 is 1.87 bits per heavy atom. The quantitative estimate of drug-likeness (QED) is 0.884. The molecule has 0 fully saturated rings. The van der Waals surface area contributed by atoms with Gasteiger partial charge in [-0.3, -0.25) is 9.59 Å². The molecular weight excluding hydrogens is 296 g/mol. The maximum atomic E-state index is 12.0. The zero-order chi connectivity index (χ0) is 16.8. The molecule has 0 unspecified atom stereocenters. The smallest absolute Gasteiger partial charge is 0.250 e. The number of ether oxygens (including phenoxy) is 2. The Balaban J connectivity index is 1.96. The monoisotopic (exact) mass is 316 g/mol. The van der Waals surface area contributed by atoms with E-state index in [-0.39, 0.29) is 11.5 Å². The molecule has 0 aliphatic carbocycles. The van der Waals surface area contributed by atoms with Crippen molar-refractivity contribution in [3.63, 3.8) is 0 Å². The van der Waals surface area contributed by atoms with Crippen LogP contribution in [0.4, 0.5) is 5.69 Å². The van der Waals surface area contributed by atoms with Crippen molar-refractivity contribution in [1.82, 2.24) is 4.57 Å². The number of aromatic nitrogens is 1. The van der Waals surface area contributed by atoms with Gasteiger partial charge < -0.3 is 19.4 Å². The maximum absolute atomic E-state index is 12.0. The van der Waals surface area contributed by atoms with Crippen LogP contribution in [0.2, 0.25) is 0 Å². The minimum atomic E-state index is -0.117. The van der Waals surface area contributed by atoms with Crippen LogP contribution in [-0.2, 0) is 18.3 Å². The first-order chi connectivity index (χ1) is 11.0.